The fourth-order valence-corrected chi connectivity index (χ4v) is 2.94. The third-order valence-electron chi connectivity index (χ3n) is 3.60. The molecule has 20 heavy (non-hydrogen) atoms. The van der Waals surface area contributed by atoms with Gasteiger partial charge in [0.15, 0.2) is 0 Å². The number of anilines is 1. The Morgan fingerprint density at radius 3 is 2.30 bits per heavy atom. The minimum Gasteiger partial charge on any atom is -0.481 e. The zero-order valence-electron chi connectivity index (χ0n) is 10.3. The van der Waals surface area contributed by atoms with Crippen molar-refractivity contribution in [1.82, 2.24) is 0 Å². The molecule has 2 N–H and O–H groups in total. The number of benzene rings is 1. The van der Waals surface area contributed by atoms with E-state index in [2.05, 4.69) is 21.2 Å². The summed E-state index contributed by atoms with van der Waals surface area (Å²) in [4.78, 5) is 23.6. The number of ether oxygens (including phenoxy) is 1. The second-order valence-corrected chi connectivity index (χ2v) is 5.75. The number of carbonyl (C=O) groups excluding carboxylic acids is 1. The lowest BCUT2D eigenvalue weighted by Gasteiger charge is -2.20. The number of amides is 1. The molecule has 2 aliphatic heterocycles. The van der Waals surface area contributed by atoms with Gasteiger partial charge in [-0.15, -0.1) is 0 Å². The molecule has 104 valence electrons. The summed E-state index contributed by atoms with van der Waals surface area (Å²) >= 11 is 3.31. The molecule has 1 saturated heterocycles. The molecule has 2 bridgehead atoms. The summed E-state index contributed by atoms with van der Waals surface area (Å²) in [6, 6.07) is 7.12. The highest BCUT2D eigenvalue weighted by molar-refractivity contribution is 9.10. The number of aliphatic carboxylic acids is 1. The van der Waals surface area contributed by atoms with Gasteiger partial charge in [0, 0.05) is 10.2 Å². The van der Waals surface area contributed by atoms with Crippen molar-refractivity contribution in [2.24, 2.45) is 11.8 Å². The molecule has 6 heteroatoms. The van der Waals surface area contributed by atoms with Gasteiger partial charge in [-0.25, -0.2) is 0 Å². The van der Waals surface area contributed by atoms with Gasteiger partial charge in [-0.05, 0) is 24.3 Å². The van der Waals surface area contributed by atoms with Crippen molar-refractivity contribution in [1.29, 1.82) is 0 Å². The number of carbonyl (C=O) groups is 2. The van der Waals surface area contributed by atoms with Crippen molar-refractivity contribution in [3.8, 4) is 0 Å². The number of carboxylic acids is 1. The largest absolute Gasteiger partial charge is 0.481 e. The quantitative estimate of drug-likeness (QED) is 0.827. The van der Waals surface area contributed by atoms with E-state index < -0.39 is 30.0 Å². The van der Waals surface area contributed by atoms with Crippen LogP contribution in [0, 0.1) is 11.8 Å². The van der Waals surface area contributed by atoms with Crippen LogP contribution in [0.1, 0.15) is 0 Å². The van der Waals surface area contributed by atoms with Crippen molar-refractivity contribution in [2.45, 2.75) is 12.2 Å². The van der Waals surface area contributed by atoms with Crippen LogP contribution < -0.4 is 5.32 Å². The van der Waals surface area contributed by atoms with Gasteiger partial charge >= 0.3 is 5.97 Å². The first kappa shape index (κ1) is 13.3. The van der Waals surface area contributed by atoms with Crippen LogP contribution in [-0.4, -0.2) is 29.2 Å². The molecule has 2 heterocycles. The molecule has 4 atom stereocenters. The Balaban J connectivity index is 1.78. The molecule has 3 rings (SSSR count). The molecule has 1 fully saturated rings. The van der Waals surface area contributed by atoms with Gasteiger partial charge in [0.1, 0.15) is 5.92 Å². The molecule has 5 nitrogen and oxygen atoms in total. The molecule has 1 aromatic rings. The van der Waals surface area contributed by atoms with Gasteiger partial charge in [0.25, 0.3) is 0 Å². The van der Waals surface area contributed by atoms with Gasteiger partial charge in [-0.1, -0.05) is 28.1 Å². The Kier molecular flexibility index (Phi) is 3.35. The number of nitrogens with one attached hydrogen (secondary N) is 1. The van der Waals surface area contributed by atoms with Crippen LogP contribution in [0.2, 0.25) is 0 Å². The highest BCUT2D eigenvalue weighted by Gasteiger charge is 2.53. The standard InChI is InChI=1S/C14H12BrNO4/c15-7-1-3-8(4-2-7)16-13(17)11-9-5-6-10(20-9)12(11)14(18)19/h1-6,9-12H,(H,16,17)(H,18,19)/t9-,10-,11+,12+/m1/s1. The van der Waals surface area contributed by atoms with Gasteiger partial charge in [-0.2, -0.15) is 0 Å². The number of fused-ring (bicyclic) bond motifs is 2. The number of halogens is 1. The molecule has 0 spiro atoms. The monoisotopic (exact) mass is 337 g/mol. The maximum atomic E-state index is 12.3. The van der Waals surface area contributed by atoms with Gasteiger partial charge < -0.3 is 15.2 Å². The Hall–Kier alpha value is -1.66. The van der Waals surface area contributed by atoms with Gasteiger partial charge in [-0.3, -0.25) is 9.59 Å². The molecule has 0 saturated carbocycles. The van der Waals surface area contributed by atoms with E-state index in [1.54, 1.807) is 24.3 Å². The SMILES string of the molecule is O=C(O)[C@@H]1[C@@H](C(=O)Nc2ccc(Br)cc2)[C@H]2C=C[C@H]1O2. The van der Waals surface area contributed by atoms with Crippen LogP contribution in [0.15, 0.2) is 40.9 Å². The average Bonchev–Trinajstić information content (AvgIpc) is 3.01. The zero-order valence-corrected chi connectivity index (χ0v) is 11.9. The molecule has 1 aromatic carbocycles. The maximum Gasteiger partial charge on any atom is 0.310 e. The maximum absolute atomic E-state index is 12.3. The molecule has 2 aliphatic rings. The first-order chi connectivity index (χ1) is 9.56. The second-order valence-electron chi connectivity index (χ2n) is 4.84. The fourth-order valence-electron chi connectivity index (χ4n) is 2.67. The molecule has 0 aromatic heterocycles. The summed E-state index contributed by atoms with van der Waals surface area (Å²) in [5.74, 6) is -2.83. The average molecular weight is 338 g/mol. The summed E-state index contributed by atoms with van der Waals surface area (Å²) in [6.07, 6.45) is 2.53. The molecule has 0 radical (unpaired) electrons. The van der Waals surface area contributed by atoms with E-state index in [0.717, 1.165) is 4.47 Å². The van der Waals surface area contributed by atoms with Crippen LogP contribution in [-0.2, 0) is 14.3 Å². The second kappa shape index (κ2) is 5.03. The molecular weight excluding hydrogens is 326 g/mol. The van der Waals surface area contributed by atoms with Crippen molar-refractivity contribution < 1.29 is 19.4 Å². The summed E-state index contributed by atoms with van der Waals surface area (Å²) in [6.45, 7) is 0. The van der Waals surface area contributed by atoms with E-state index >= 15 is 0 Å². The highest BCUT2D eigenvalue weighted by atomic mass is 79.9. The van der Waals surface area contributed by atoms with E-state index in [1.165, 1.54) is 0 Å². The van der Waals surface area contributed by atoms with E-state index in [1.807, 2.05) is 12.1 Å². The summed E-state index contributed by atoms with van der Waals surface area (Å²) < 4.78 is 6.38. The van der Waals surface area contributed by atoms with E-state index in [-0.39, 0.29) is 5.91 Å². The lowest BCUT2D eigenvalue weighted by Crippen LogP contribution is -2.39. The summed E-state index contributed by atoms with van der Waals surface area (Å²) in [7, 11) is 0. The van der Waals surface area contributed by atoms with Gasteiger partial charge in [0.05, 0.1) is 18.1 Å². The Bertz CT molecular complexity index is 583. The minimum atomic E-state index is -1.00. The zero-order chi connectivity index (χ0) is 14.3. The van der Waals surface area contributed by atoms with Crippen molar-refractivity contribution >= 4 is 33.5 Å². The van der Waals surface area contributed by atoms with Crippen molar-refractivity contribution in [3.63, 3.8) is 0 Å². The van der Waals surface area contributed by atoms with Crippen molar-refractivity contribution in [3.05, 3.63) is 40.9 Å². The summed E-state index contributed by atoms with van der Waals surface area (Å²) in [5, 5.41) is 12.0. The molecule has 0 aliphatic carbocycles. The first-order valence-electron chi connectivity index (χ1n) is 6.19. The van der Waals surface area contributed by atoms with Crippen LogP contribution in [0.25, 0.3) is 0 Å². The van der Waals surface area contributed by atoms with Crippen LogP contribution in [0.3, 0.4) is 0 Å². The lowest BCUT2D eigenvalue weighted by atomic mass is 9.82. The van der Waals surface area contributed by atoms with Crippen LogP contribution in [0.4, 0.5) is 5.69 Å². The highest BCUT2D eigenvalue weighted by Crippen LogP contribution is 2.39. The Labute approximate surface area is 123 Å². The Morgan fingerprint density at radius 2 is 1.70 bits per heavy atom. The predicted molar refractivity (Wildman–Crippen MR) is 75.2 cm³/mol. The number of hydrogen-bond donors (Lipinski definition) is 2. The number of carboxylic acid groups (broad SMARTS) is 1. The number of rotatable bonds is 3. The van der Waals surface area contributed by atoms with E-state index in [0.29, 0.717) is 5.69 Å². The third-order valence-corrected chi connectivity index (χ3v) is 4.13. The smallest absolute Gasteiger partial charge is 0.310 e. The minimum absolute atomic E-state index is 0.323. The topological polar surface area (TPSA) is 75.6 Å². The lowest BCUT2D eigenvalue weighted by molar-refractivity contribution is -0.145. The normalized spacial score (nSPS) is 30.4. The van der Waals surface area contributed by atoms with E-state index in [9.17, 15) is 14.7 Å². The summed E-state index contributed by atoms with van der Waals surface area (Å²) in [5.41, 5.74) is 0.633. The van der Waals surface area contributed by atoms with E-state index in [4.69, 9.17) is 4.74 Å². The van der Waals surface area contributed by atoms with Gasteiger partial charge in [0.2, 0.25) is 5.91 Å². The first-order valence-corrected chi connectivity index (χ1v) is 6.98. The fraction of sp³-hybridized carbons (Fsp3) is 0.286. The molecule has 0 unspecified atom stereocenters. The third kappa shape index (κ3) is 2.25. The molecule has 1 amide bonds. The van der Waals surface area contributed by atoms with Crippen LogP contribution in [0.5, 0.6) is 0 Å². The Morgan fingerprint density at radius 1 is 1.10 bits per heavy atom. The predicted octanol–water partition coefficient (Wildman–Crippen LogP) is 2.04. The van der Waals surface area contributed by atoms with Crippen LogP contribution >= 0.6 is 15.9 Å². The molecular formula is C14H12BrNO4. The van der Waals surface area contributed by atoms with Crippen molar-refractivity contribution in [2.75, 3.05) is 5.32 Å². The number of hydrogen-bond acceptors (Lipinski definition) is 3.